The van der Waals surface area contributed by atoms with Crippen molar-refractivity contribution in [3.8, 4) is 0 Å². The normalized spacial score (nSPS) is 20.5. The Morgan fingerprint density at radius 3 is 1.45 bits per heavy atom. The third-order valence-electron chi connectivity index (χ3n) is 10.4. The maximum atomic E-state index is 12.9. The second-order valence-corrected chi connectivity index (χ2v) is 17.3. The standard InChI is InChI=1S/C53H86O12S/c1-3-5-7-9-11-13-15-17-19-21-22-23-24-25-26-27-28-30-32-34-36-38-40-42-49(55)63-47(46-62-53-51(57)52(65-66(58,59)60)50(56)48(44-54)64-53)45-61-43-41-39-37-35-33-31-29-20-18-16-14-12-10-8-6-4-2/h5-8,11-14,17-20,22-23,25-26,31,33,47-48,50-54,56-57H,3-4,9-10,15-16,21,24,27-30,32,34-46H2,1-2H3,(H,58,59,60)/b7-5-,8-6-,13-11-,14-12-,19-17-,20-18-,23-22-,26-25-,33-31-. The maximum absolute atomic E-state index is 12.9. The molecule has 0 radical (unpaired) electrons. The molecule has 6 atom stereocenters. The number of rotatable bonds is 41. The second kappa shape index (κ2) is 43.1. The summed E-state index contributed by atoms with van der Waals surface area (Å²) in [4.78, 5) is 12.9. The predicted molar refractivity (Wildman–Crippen MR) is 266 cm³/mol. The zero-order chi connectivity index (χ0) is 48.2. The third kappa shape index (κ3) is 35.9. The van der Waals surface area contributed by atoms with E-state index >= 15 is 0 Å². The van der Waals surface area contributed by atoms with Crippen molar-refractivity contribution in [2.75, 3.05) is 26.4 Å². The Kier molecular flexibility index (Phi) is 39.7. The van der Waals surface area contributed by atoms with Crippen LogP contribution in [0.2, 0.25) is 0 Å². The lowest BCUT2D eigenvalue weighted by Crippen LogP contribution is -2.60. The smallest absolute Gasteiger partial charge is 0.397 e. The van der Waals surface area contributed by atoms with E-state index in [1.807, 2.05) is 0 Å². The highest BCUT2D eigenvalue weighted by Gasteiger charge is 2.48. The number of allylic oxidation sites excluding steroid dienone is 18. The van der Waals surface area contributed by atoms with Crippen LogP contribution in [-0.4, -0.2) is 97.5 Å². The van der Waals surface area contributed by atoms with Gasteiger partial charge in [0.05, 0.1) is 19.8 Å². The van der Waals surface area contributed by atoms with Gasteiger partial charge in [-0.25, -0.2) is 4.18 Å². The van der Waals surface area contributed by atoms with Gasteiger partial charge in [-0.15, -0.1) is 0 Å². The zero-order valence-electron chi connectivity index (χ0n) is 40.2. The number of hydrogen-bond acceptors (Lipinski definition) is 11. The van der Waals surface area contributed by atoms with Crippen LogP contribution in [-0.2, 0) is 38.3 Å². The Balaban J connectivity index is 2.41. The average molecular weight is 947 g/mol. The molecule has 66 heavy (non-hydrogen) atoms. The topological polar surface area (TPSA) is 178 Å². The lowest BCUT2D eigenvalue weighted by atomic mass is 9.99. The van der Waals surface area contributed by atoms with Gasteiger partial charge in [-0.05, 0) is 96.3 Å². The molecule has 0 spiro atoms. The molecule has 1 aliphatic heterocycles. The van der Waals surface area contributed by atoms with Crippen molar-refractivity contribution < 1.29 is 56.2 Å². The molecule has 1 heterocycles. The summed E-state index contributed by atoms with van der Waals surface area (Å²) in [6, 6.07) is 0. The Morgan fingerprint density at radius 1 is 0.576 bits per heavy atom. The van der Waals surface area contributed by atoms with Crippen LogP contribution in [0.4, 0.5) is 0 Å². The van der Waals surface area contributed by atoms with Crippen LogP contribution < -0.4 is 0 Å². The van der Waals surface area contributed by atoms with Gasteiger partial charge in [-0.2, -0.15) is 8.42 Å². The zero-order valence-corrected chi connectivity index (χ0v) is 41.0. The van der Waals surface area contributed by atoms with Crippen molar-refractivity contribution in [2.45, 2.75) is 192 Å². The van der Waals surface area contributed by atoms with Crippen molar-refractivity contribution in [1.82, 2.24) is 0 Å². The van der Waals surface area contributed by atoms with Crippen molar-refractivity contribution in [3.63, 3.8) is 0 Å². The van der Waals surface area contributed by atoms with Crippen molar-refractivity contribution in [1.29, 1.82) is 0 Å². The van der Waals surface area contributed by atoms with Gasteiger partial charge in [0.2, 0.25) is 0 Å². The average Bonchev–Trinajstić information content (AvgIpc) is 3.29. The van der Waals surface area contributed by atoms with Crippen LogP contribution >= 0.6 is 0 Å². The minimum Gasteiger partial charge on any atom is -0.457 e. The number of carbonyl (C=O) groups is 1. The highest BCUT2D eigenvalue weighted by Crippen LogP contribution is 2.26. The summed E-state index contributed by atoms with van der Waals surface area (Å²) in [5.41, 5.74) is 0. The van der Waals surface area contributed by atoms with Gasteiger partial charge in [0.25, 0.3) is 0 Å². The Bertz CT molecular complexity index is 1560. The SMILES string of the molecule is CC/C=C\C/C=C\C/C=C\C/C=C\C/C=C\CCCCCCCCCC(=O)OC(COCCCCC/C=C\C/C=C\C/C=C\C/C=C\CC)COC1OC(CO)C(O)C(OS(=O)(=O)O)C1O. The largest absolute Gasteiger partial charge is 0.457 e. The van der Waals surface area contributed by atoms with Crippen LogP contribution in [0.1, 0.15) is 155 Å². The second-order valence-electron chi connectivity index (χ2n) is 16.3. The van der Waals surface area contributed by atoms with E-state index in [0.29, 0.717) is 13.0 Å². The summed E-state index contributed by atoms with van der Waals surface area (Å²) in [5.74, 6) is -0.427. The molecular formula is C53H86O12S. The summed E-state index contributed by atoms with van der Waals surface area (Å²) in [5, 5.41) is 30.7. The van der Waals surface area contributed by atoms with E-state index in [-0.39, 0.29) is 19.6 Å². The fraction of sp³-hybridized carbons (Fsp3) is 0.642. The number of unbranched alkanes of at least 4 members (excludes halogenated alkanes) is 10. The van der Waals surface area contributed by atoms with E-state index < -0.39 is 59.8 Å². The molecule has 13 heteroatoms. The molecule has 0 aliphatic carbocycles. The quantitative estimate of drug-likeness (QED) is 0.0198. The van der Waals surface area contributed by atoms with Crippen LogP contribution in [0.3, 0.4) is 0 Å². The number of ether oxygens (including phenoxy) is 4. The molecule has 1 aliphatic rings. The molecular weight excluding hydrogens is 861 g/mol. The number of carbonyl (C=O) groups excluding carboxylic acids is 1. The van der Waals surface area contributed by atoms with E-state index in [2.05, 4.69) is 127 Å². The molecule has 0 bridgehead atoms. The minimum absolute atomic E-state index is 0.00203. The Hall–Kier alpha value is -3.24. The van der Waals surface area contributed by atoms with Crippen LogP contribution in [0.25, 0.3) is 0 Å². The minimum atomic E-state index is -5.08. The van der Waals surface area contributed by atoms with Gasteiger partial charge in [0.1, 0.15) is 30.5 Å². The molecule has 0 saturated carbocycles. The fourth-order valence-electron chi connectivity index (χ4n) is 6.75. The van der Waals surface area contributed by atoms with Crippen LogP contribution in [0, 0.1) is 0 Å². The Morgan fingerprint density at radius 2 is 1.00 bits per heavy atom. The molecule has 12 nitrogen and oxygen atoms in total. The van der Waals surface area contributed by atoms with Crippen molar-refractivity contribution >= 4 is 16.4 Å². The highest BCUT2D eigenvalue weighted by molar-refractivity contribution is 7.80. The number of aliphatic hydroxyl groups is 3. The molecule has 6 unspecified atom stereocenters. The van der Waals surface area contributed by atoms with E-state index in [4.69, 9.17) is 18.9 Å². The van der Waals surface area contributed by atoms with Gasteiger partial charge in [-0.3, -0.25) is 9.35 Å². The highest BCUT2D eigenvalue weighted by atomic mass is 32.3. The molecule has 0 aromatic carbocycles. The maximum Gasteiger partial charge on any atom is 0.397 e. The lowest BCUT2D eigenvalue weighted by Gasteiger charge is -2.41. The van der Waals surface area contributed by atoms with E-state index in [0.717, 1.165) is 122 Å². The van der Waals surface area contributed by atoms with Gasteiger partial charge in [0.15, 0.2) is 6.29 Å². The van der Waals surface area contributed by atoms with Gasteiger partial charge in [-0.1, -0.05) is 162 Å². The summed E-state index contributed by atoms with van der Waals surface area (Å²) < 4.78 is 59.1. The molecule has 1 rings (SSSR count). The lowest BCUT2D eigenvalue weighted by molar-refractivity contribution is -0.301. The van der Waals surface area contributed by atoms with E-state index in [9.17, 15) is 33.1 Å². The number of aliphatic hydroxyl groups excluding tert-OH is 3. The first-order valence-electron chi connectivity index (χ1n) is 24.6. The van der Waals surface area contributed by atoms with Gasteiger partial charge < -0.3 is 34.3 Å². The molecule has 1 saturated heterocycles. The predicted octanol–water partition coefficient (Wildman–Crippen LogP) is 11.2. The molecule has 376 valence electrons. The monoisotopic (exact) mass is 947 g/mol. The van der Waals surface area contributed by atoms with Gasteiger partial charge >= 0.3 is 16.4 Å². The van der Waals surface area contributed by atoms with Crippen LogP contribution in [0.15, 0.2) is 109 Å². The van der Waals surface area contributed by atoms with Gasteiger partial charge in [0, 0.05) is 13.0 Å². The summed E-state index contributed by atoms with van der Waals surface area (Å²) in [6.45, 7) is 3.65. The first-order valence-corrected chi connectivity index (χ1v) is 26.0. The number of hydrogen-bond donors (Lipinski definition) is 4. The summed E-state index contributed by atoms with van der Waals surface area (Å²) in [6.07, 6.45) is 51.2. The molecule has 4 N–H and O–H groups in total. The Labute approximate surface area is 398 Å². The van der Waals surface area contributed by atoms with Crippen LogP contribution in [0.5, 0.6) is 0 Å². The third-order valence-corrected chi connectivity index (χ3v) is 10.9. The number of esters is 1. The summed E-state index contributed by atoms with van der Waals surface area (Å²) >= 11 is 0. The van der Waals surface area contributed by atoms with E-state index in [1.54, 1.807) is 0 Å². The van der Waals surface area contributed by atoms with Crippen molar-refractivity contribution in [2.24, 2.45) is 0 Å². The molecule has 1 fully saturated rings. The first-order chi connectivity index (χ1) is 32.1. The molecule has 0 aromatic rings. The molecule has 0 aromatic heterocycles. The summed E-state index contributed by atoms with van der Waals surface area (Å²) in [7, 11) is -5.08. The van der Waals surface area contributed by atoms with Crippen molar-refractivity contribution in [3.05, 3.63) is 109 Å². The molecule has 0 amide bonds. The first kappa shape index (κ1) is 60.8. The van der Waals surface area contributed by atoms with E-state index in [1.165, 1.54) is 6.42 Å². The fourth-order valence-corrected chi connectivity index (χ4v) is 7.26.